The second kappa shape index (κ2) is 6.30. The van der Waals surface area contributed by atoms with Crippen LogP contribution in [0.3, 0.4) is 0 Å². The van der Waals surface area contributed by atoms with Crippen LogP contribution in [-0.4, -0.2) is 26.2 Å². The van der Waals surface area contributed by atoms with Crippen LogP contribution in [0.2, 0.25) is 0 Å². The Morgan fingerprint density at radius 1 is 1.15 bits per heavy atom. The Bertz CT molecular complexity index is 1030. The van der Waals surface area contributed by atoms with Crippen LogP contribution < -0.4 is 5.32 Å². The standard InChI is InChI=1S/C21H21N5O/c1-12(2)23-21-26-25-20(27-21)15-6-3-13-7-8-16(17(13)11-15)18-9-10-22-19(24-18)14-4-5-14/h3,6,8-12,14H,4-5,7H2,1-2H3,(H,23,26). The molecule has 0 amide bonds. The zero-order chi connectivity index (χ0) is 18.4. The summed E-state index contributed by atoms with van der Waals surface area (Å²) in [5.41, 5.74) is 5.55. The van der Waals surface area contributed by atoms with Gasteiger partial charge in [0.1, 0.15) is 5.82 Å². The molecule has 136 valence electrons. The van der Waals surface area contributed by atoms with Crippen LogP contribution >= 0.6 is 0 Å². The molecule has 6 heteroatoms. The molecule has 0 radical (unpaired) electrons. The highest BCUT2D eigenvalue weighted by Gasteiger charge is 2.27. The first-order valence-corrected chi connectivity index (χ1v) is 9.44. The number of nitrogens with one attached hydrogen (secondary N) is 1. The van der Waals surface area contributed by atoms with E-state index in [-0.39, 0.29) is 6.04 Å². The molecule has 0 saturated heterocycles. The monoisotopic (exact) mass is 359 g/mol. The average Bonchev–Trinajstić information content (AvgIpc) is 3.28. The number of fused-ring (bicyclic) bond motifs is 1. The van der Waals surface area contributed by atoms with Crippen LogP contribution in [0.15, 0.2) is 41.0 Å². The number of anilines is 1. The van der Waals surface area contributed by atoms with Crippen molar-refractivity contribution in [2.24, 2.45) is 0 Å². The molecule has 2 aliphatic rings. The predicted molar refractivity (Wildman–Crippen MR) is 103 cm³/mol. The van der Waals surface area contributed by atoms with E-state index in [1.165, 1.54) is 24.0 Å². The van der Waals surface area contributed by atoms with E-state index in [0.717, 1.165) is 29.1 Å². The van der Waals surface area contributed by atoms with Gasteiger partial charge < -0.3 is 9.73 Å². The fraction of sp³-hybridized carbons (Fsp3) is 0.333. The van der Waals surface area contributed by atoms with Gasteiger partial charge in [-0.15, -0.1) is 5.10 Å². The van der Waals surface area contributed by atoms with Crippen LogP contribution in [0.1, 0.15) is 55.3 Å². The molecule has 2 heterocycles. The highest BCUT2D eigenvalue weighted by molar-refractivity contribution is 5.84. The summed E-state index contributed by atoms with van der Waals surface area (Å²) in [5.74, 6) is 2.04. The van der Waals surface area contributed by atoms with E-state index in [9.17, 15) is 0 Å². The van der Waals surface area contributed by atoms with Crippen molar-refractivity contribution in [1.82, 2.24) is 20.2 Å². The summed E-state index contributed by atoms with van der Waals surface area (Å²) in [5, 5.41) is 11.4. The van der Waals surface area contributed by atoms with Gasteiger partial charge in [0, 0.05) is 29.3 Å². The minimum absolute atomic E-state index is 0.242. The summed E-state index contributed by atoms with van der Waals surface area (Å²) in [7, 11) is 0. The van der Waals surface area contributed by atoms with E-state index in [4.69, 9.17) is 9.40 Å². The smallest absolute Gasteiger partial charge is 0.315 e. The Hall–Kier alpha value is -3.02. The zero-order valence-corrected chi connectivity index (χ0v) is 15.4. The highest BCUT2D eigenvalue weighted by atomic mass is 16.4. The number of rotatable bonds is 5. The molecule has 1 aromatic carbocycles. The molecule has 1 saturated carbocycles. The van der Waals surface area contributed by atoms with E-state index in [2.05, 4.69) is 38.7 Å². The molecule has 0 atom stereocenters. The number of aromatic nitrogens is 4. The van der Waals surface area contributed by atoms with Gasteiger partial charge in [-0.2, -0.15) is 0 Å². The third-order valence-corrected chi connectivity index (χ3v) is 4.90. The van der Waals surface area contributed by atoms with Crippen LogP contribution in [0.4, 0.5) is 6.01 Å². The third-order valence-electron chi connectivity index (χ3n) is 4.90. The van der Waals surface area contributed by atoms with Crippen molar-refractivity contribution in [3.05, 3.63) is 59.2 Å². The van der Waals surface area contributed by atoms with Gasteiger partial charge in [-0.25, -0.2) is 9.97 Å². The normalized spacial score (nSPS) is 15.7. The van der Waals surface area contributed by atoms with Gasteiger partial charge in [0.25, 0.3) is 0 Å². The maximum atomic E-state index is 5.76. The molecule has 5 rings (SSSR count). The largest absolute Gasteiger partial charge is 0.403 e. The number of benzene rings is 1. The first-order chi connectivity index (χ1) is 13.2. The number of nitrogens with zero attached hydrogens (tertiary/aromatic N) is 4. The molecule has 1 N–H and O–H groups in total. The lowest BCUT2D eigenvalue weighted by Gasteiger charge is -2.08. The lowest BCUT2D eigenvalue weighted by atomic mass is 10.00. The van der Waals surface area contributed by atoms with Gasteiger partial charge >= 0.3 is 6.01 Å². The number of hydrogen-bond acceptors (Lipinski definition) is 6. The fourth-order valence-electron chi connectivity index (χ4n) is 3.41. The summed E-state index contributed by atoms with van der Waals surface area (Å²) < 4.78 is 5.76. The van der Waals surface area contributed by atoms with E-state index in [0.29, 0.717) is 17.8 Å². The molecule has 0 bridgehead atoms. The summed E-state index contributed by atoms with van der Waals surface area (Å²) in [6, 6.07) is 8.98. The Morgan fingerprint density at radius 3 is 2.85 bits per heavy atom. The van der Waals surface area contributed by atoms with Crippen molar-refractivity contribution in [2.75, 3.05) is 5.32 Å². The van der Waals surface area contributed by atoms with E-state index in [1.54, 1.807) is 0 Å². The van der Waals surface area contributed by atoms with Crippen molar-refractivity contribution in [3.8, 4) is 11.5 Å². The molecular weight excluding hydrogens is 338 g/mol. The topological polar surface area (TPSA) is 76.7 Å². The zero-order valence-electron chi connectivity index (χ0n) is 15.4. The van der Waals surface area contributed by atoms with Crippen LogP contribution in [0.5, 0.6) is 0 Å². The number of allylic oxidation sites excluding steroid dienone is 1. The van der Waals surface area contributed by atoms with Crippen molar-refractivity contribution < 1.29 is 4.42 Å². The van der Waals surface area contributed by atoms with Crippen molar-refractivity contribution in [3.63, 3.8) is 0 Å². The minimum Gasteiger partial charge on any atom is -0.403 e. The van der Waals surface area contributed by atoms with Crippen LogP contribution in [-0.2, 0) is 6.42 Å². The SMILES string of the molecule is CC(C)Nc1nnc(-c2ccc3c(c2)C(c2ccnc(C4CC4)n2)=CC3)o1. The van der Waals surface area contributed by atoms with Gasteiger partial charge in [0.2, 0.25) is 5.89 Å². The molecule has 2 aliphatic carbocycles. The maximum Gasteiger partial charge on any atom is 0.315 e. The highest BCUT2D eigenvalue weighted by Crippen LogP contribution is 2.39. The Kier molecular flexibility index (Phi) is 3.77. The van der Waals surface area contributed by atoms with E-state index in [1.807, 2.05) is 32.2 Å². The van der Waals surface area contributed by atoms with Gasteiger partial charge in [-0.05, 0) is 62.4 Å². The van der Waals surface area contributed by atoms with Crippen LogP contribution in [0, 0.1) is 0 Å². The average molecular weight is 359 g/mol. The van der Waals surface area contributed by atoms with Crippen molar-refractivity contribution >= 4 is 11.6 Å². The summed E-state index contributed by atoms with van der Waals surface area (Å²) >= 11 is 0. The Morgan fingerprint density at radius 2 is 2.04 bits per heavy atom. The Labute approximate surface area is 157 Å². The van der Waals surface area contributed by atoms with Crippen LogP contribution in [0.25, 0.3) is 17.0 Å². The molecule has 27 heavy (non-hydrogen) atoms. The van der Waals surface area contributed by atoms with E-state index < -0.39 is 0 Å². The van der Waals surface area contributed by atoms with Gasteiger partial charge in [-0.3, -0.25) is 0 Å². The Balaban J connectivity index is 1.48. The first kappa shape index (κ1) is 16.2. The molecule has 6 nitrogen and oxygen atoms in total. The van der Waals surface area contributed by atoms with Gasteiger partial charge in [-0.1, -0.05) is 17.2 Å². The molecule has 1 fully saturated rings. The summed E-state index contributed by atoms with van der Waals surface area (Å²) in [6.07, 6.45) is 7.44. The second-order valence-electron chi connectivity index (χ2n) is 7.48. The lowest BCUT2D eigenvalue weighted by molar-refractivity contribution is 0.574. The molecule has 2 aromatic heterocycles. The molecule has 0 unspecified atom stereocenters. The van der Waals surface area contributed by atoms with Gasteiger partial charge in [0.15, 0.2) is 0 Å². The van der Waals surface area contributed by atoms with E-state index >= 15 is 0 Å². The molecule has 0 aliphatic heterocycles. The summed E-state index contributed by atoms with van der Waals surface area (Å²) in [4.78, 5) is 9.26. The third kappa shape index (κ3) is 3.12. The second-order valence-corrected chi connectivity index (χ2v) is 7.48. The minimum atomic E-state index is 0.242. The maximum absolute atomic E-state index is 5.76. The summed E-state index contributed by atoms with van der Waals surface area (Å²) in [6.45, 7) is 4.07. The quantitative estimate of drug-likeness (QED) is 0.735. The lowest BCUT2D eigenvalue weighted by Crippen LogP contribution is -2.09. The molecular formula is C21H21N5O. The molecule has 3 aromatic rings. The predicted octanol–water partition coefficient (Wildman–Crippen LogP) is 4.21. The van der Waals surface area contributed by atoms with Crippen molar-refractivity contribution in [2.45, 2.75) is 45.1 Å². The van der Waals surface area contributed by atoms with Gasteiger partial charge in [0.05, 0.1) is 5.69 Å². The molecule has 0 spiro atoms. The number of hydrogen-bond donors (Lipinski definition) is 1. The van der Waals surface area contributed by atoms with Crippen molar-refractivity contribution in [1.29, 1.82) is 0 Å². The first-order valence-electron chi connectivity index (χ1n) is 9.44. The fourth-order valence-corrected chi connectivity index (χ4v) is 3.41.